The summed E-state index contributed by atoms with van der Waals surface area (Å²) >= 11 is 3.23. The average Bonchev–Trinajstić information content (AvgIpc) is 2.98. The maximum Gasteiger partial charge on any atom is 0.240 e. The van der Waals surface area contributed by atoms with Crippen LogP contribution in [0.2, 0.25) is 0 Å². The standard InChI is InChI=1S/C14H19BrN2O4S/c15-11-3-1-5-13(9-11)22(19,20)17-7-6-14(18)16-10-12-4-2-8-21-12/h1,3,5,9,12,17H,2,4,6-8,10H2,(H,16,18). The first kappa shape index (κ1) is 17.4. The normalized spacial score (nSPS) is 18.3. The van der Waals surface area contributed by atoms with Crippen LogP contribution in [0.15, 0.2) is 33.6 Å². The molecule has 8 heteroatoms. The number of hydrogen-bond acceptors (Lipinski definition) is 4. The van der Waals surface area contributed by atoms with Gasteiger partial charge in [-0.15, -0.1) is 0 Å². The molecule has 0 aliphatic carbocycles. The number of ether oxygens (including phenoxy) is 1. The molecule has 0 radical (unpaired) electrons. The summed E-state index contributed by atoms with van der Waals surface area (Å²) in [6.07, 6.45) is 2.16. The molecule has 0 spiro atoms. The first-order chi connectivity index (χ1) is 10.5. The highest BCUT2D eigenvalue weighted by atomic mass is 79.9. The van der Waals surface area contributed by atoms with Gasteiger partial charge in [-0.3, -0.25) is 4.79 Å². The minimum atomic E-state index is -3.59. The third kappa shape index (κ3) is 5.35. The monoisotopic (exact) mass is 390 g/mol. The topological polar surface area (TPSA) is 84.5 Å². The van der Waals surface area contributed by atoms with Crippen LogP contribution in [0.25, 0.3) is 0 Å². The van der Waals surface area contributed by atoms with Crippen molar-refractivity contribution in [3.63, 3.8) is 0 Å². The summed E-state index contributed by atoms with van der Waals surface area (Å²) in [6.45, 7) is 1.29. The third-order valence-electron chi connectivity index (χ3n) is 3.30. The van der Waals surface area contributed by atoms with Crippen LogP contribution >= 0.6 is 15.9 Å². The molecule has 1 aromatic rings. The summed E-state index contributed by atoms with van der Waals surface area (Å²) in [7, 11) is -3.59. The molecule has 2 rings (SSSR count). The van der Waals surface area contributed by atoms with Crippen molar-refractivity contribution in [2.45, 2.75) is 30.3 Å². The maximum atomic E-state index is 12.0. The first-order valence-corrected chi connectivity index (χ1v) is 9.38. The molecule has 1 amide bonds. The number of nitrogens with one attached hydrogen (secondary N) is 2. The molecule has 6 nitrogen and oxygen atoms in total. The predicted octanol–water partition coefficient (Wildman–Crippen LogP) is 1.41. The number of hydrogen-bond donors (Lipinski definition) is 2. The van der Waals surface area contributed by atoms with E-state index in [0.29, 0.717) is 11.0 Å². The Morgan fingerprint density at radius 3 is 2.91 bits per heavy atom. The van der Waals surface area contributed by atoms with Crippen molar-refractivity contribution < 1.29 is 17.9 Å². The lowest BCUT2D eigenvalue weighted by atomic mass is 10.2. The van der Waals surface area contributed by atoms with Crippen LogP contribution in [-0.2, 0) is 19.6 Å². The van der Waals surface area contributed by atoms with Gasteiger partial charge in [0.2, 0.25) is 15.9 Å². The highest BCUT2D eigenvalue weighted by Gasteiger charge is 2.17. The highest BCUT2D eigenvalue weighted by Crippen LogP contribution is 2.15. The molecule has 1 aliphatic heterocycles. The van der Waals surface area contributed by atoms with Crippen LogP contribution in [0.5, 0.6) is 0 Å². The van der Waals surface area contributed by atoms with Crippen molar-refractivity contribution in [3.05, 3.63) is 28.7 Å². The molecule has 1 fully saturated rings. The van der Waals surface area contributed by atoms with E-state index >= 15 is 0 Å². The van der Waals surface area contributed by atoms with Gasteiger partial charge in [-0.05, 0) is 31.0 Å². The number of amides is 1. The van der Waals surface area contributed by atoms with Crippen LogP contribution in [0.1, 0.15) is 19.3 Å². The van der Waals surface area contributed by atoms with E-state index in [1.54, 1.807) is 12.1 Å². The Morgan fingerprint density at radius 1 is 1.41 bits per heavy atom. The minimum Gasteiger partial charge on any atom is -0.376 e. The largest absolute Gasteiger partial charge is 0.376 e. The van der Waals surface area contributed by atoms with E-state index in [-0.39, 0.29) is 29.9 Å². The summed E-state index contributed by atoms with van der Waals surface area (Å²) in [4.78, 5) is 11.8. The Balaban J connectivity index is 1.73. The predicted molar refractivity (Wildman–Crippen MR) is 85.9 cm³/mol. The Hall–Kier alpha value is -0.960. The lowest BCUT2D eigenvalue weighted by Gasteiger charge is -2.11. The van der Waals surface area contributed by atoms with Crippen LogP contribution in [0.3, 0.4) is 0 Å². The van der Waals surface area contributed by atoms with Crippen molar-refractivity contribution in [2.24, 2.45) is 0 Å². The molecule has 0 saturated carbocycles. The molecule has 1 atom stereocenters. The Morgan fingerprint density at radius 2 is 2.23 bits per heavy atom. The van der Waals surface area contributed by atoms with E-state index in [1.807, 2.05) is 0 Å². The Labute approximate surface area is 138 Å². The molecule has 0 bridgehead atoms. The summed E-state index contributed by atoms with van der Waals surface area (Å²) < 4.78 is 32.6. The average molecular weight is 391 g/mol. The summed E-state index contributed by atoms with van der Waals surface area (Å²) in [5.41, 5.74) is 0. The molecule has 1 unspecified atom stereocenters. The Kier molecular flexibility index (Phi) is 6.37. The van der Waals surface area contributed by atoms with Gasteiger partial charge >= 0.3 is 0 Å². The van der Waals surface area contributed by atoms with Gasteiger partial charge in [-0.25, -0.2) is 13.1 Å². The summed E-state index contributed by atoms with van der Waals surface area (Å²) in [5, 5.41) is 2.75. The van der Waals surface area contributed by atoms with E-state index in [2.05, 4.69) is 26.0 Å². The quantitative estimate of drug-likeness (QED) is 0.736. The van der Waals surface area contributed by atoms with E-state index in [0.717, 1.165) is 19.4 Å². The van der Waals surface area contributed by atoms with Gasteiger partial charge in [0.1, 0.15) is 0 Å². The van der Waals surface area contributed by atoms with Crippen molar-refractivity contribution in [1.82, 2.24) is 10.0 Å². The fourth-order valence-electron chi connectivity index (χ4n) is 2.14. The van der Waals surface area contributed by atoms with Gasteiger partial charge in [0.05, 0.1) is 11.0 Å². The second kappa shape index (κ2) is 8.05. The molecule has 1 saturated heterocycles. The molecule has 1 aromatic carbocycles. The molecular formula is C14H19BrN2O4S. The molecule has 1 aliphatic rings. The highest BCUT2D eigenvalue weighted by molar-refractivity contribution is 9.10. The SMILES string of the molecule is O=C(CCNS(=O)(=O)c1cccc(Br)c1)NCC1CCCO1. The molecule has 0 aromatic heterocycles. The number of carbonyl (C=O) groups is 1. The van der Waals surface area contributed by atoms with Gasteiger partial charge in [-0.1, -0.05) is 22.0 Å². The molecule has 22 heavy (non-hydrogen) atoms. The second-order valence-electron chi connectivity index (χ2n) is 5.04. The minimum absolute atomic E-state index is 0.0617. The van der Waals surface area contributed by atoms with Gasteiger partial charge < -0.3 is 10.1 Å². The van der Waals surface area contributed by atoms with Gasteiger partial charge in [0.25, 0.3) is 0 Å². The zero-order chi connectivity index (χ0) is 16.0. The number of halogens is 1. The maximum absolute atomic E-state index is 12.0. The number of rotatable bonds is 7. The lowest BCUT2D eigenvalue weighted by Crippen LogP contribution is -2.34. The lowest BCUT2D eigenvalue weighted by molar-refractivity contribution is -0.121. The van der Waals surface area contributed by atoms with Crippen molar-refractivity contribution in [1.29, 1.82) is 0 Å². The van der Waals surface area contributed by atoms with Gasteiger partial charge in [0.15, 0.2) is 0 Å². The molecule has 1 heterocycles. The van der Waals surface area contributed by atoms with E-state index in [9.17, 15) is 13.2 Å². The Bertz CT molecular complexity index is 615. The fourth-order valence-corrected chi connectivity index (χ4v) is 3.77. The van der Waals surface area contributed by atoms with E-state index in [1.165, 1.54) is 12.1 Å². The van der Waals surface area contributed by atoms with E-state index in [4.69, 9.17) is 4.74 Å². The van der Waals surface area contributed by atoms with Crippen LogP contribution in [0, 0.1) is 0 Å². The van der Waals surface area contributed by atoms with Gasteiger partial charge in [-0.2, -0.15) is 0 Å². The van der Waals surface area contributed by atoms with Crippen LogP contribution in [0.4, 0.5) is 0 Å². The van der Waals surface area contributed by atoms with E-state index < -0.39 is 10.0 Å². The number of benzene rings is 1. The number of carbonyl (C=O) groups excluding carboxylic acids is 1. The third-order valence-corrected chi connectivity index (χ3v) is 5.25. The molecule has 122 valence electrons. The number of sulfonamides is 1. The second-order valence-corrected chi connectivity index (χ2v) is 7.73. The van der Waals surface area contributed by atoms with Crippen LogP contribution < -0.4 is 10.0 Å². The van der Waals surface area contributed by atoms with Crippen molar-refractivity contribution >= 4 is 31.9 Å². The molecule has 2 N–H and O–H groups in total. The summed E-state index contributed by atoms with van der Waals surface area (Å²) in [5.74, 6) is -0.188. The molecular weight excluding hydrogens is 372 g/mol. The zero-order valence-corrected chi connectivity index (χ0v) is 14.5. The van der Waals surface area contributed by atoms with Crippen LogP contribution in [-0.4, -0.2) is 40.1 Å². The van der Waals surface area contributed by atoms with Crippen molar-refractivity contribution in [2.75, 3.05) is 19.7 Å². The van der Waals surface area contributed by atoms with Crippen molar-refractivity contribution in [3.8, 4) is 0 Å². The smallest absolute Gasteiger partial charge is 0.240 e. The summed E-state index contributed by atoms with van der Waals surface area (Å²) in [6, 6.07) is 6.41. The zero-order valence-electron chi connectivity index (χ0n) is 12.0. The first-order valence-electron chi connectivity index (χ1n) is 7.11. The fraction of sp³-hybridized carbons (Fsp3) is 0.500. The van der Waals surface area contributed by atoms with Gasteiger partial charge in [0, 0.05) is 30.6 Å².